The molecule has 3 nitrogen and oxygen atoms in total. The molecule has 0 saturated heterocycles. The minimum atomic E-state index is 0.687. The van der Waals surface area contributed by atoms with Crippen molar-refractivity contribution in [2.45, 2.75) is 0 Å². The number of thiophene rings is 1. The van der Waals surface area contributed by atoms with Crippen molar-refractivity contribution < 1.29 is 4.42 Å². The van der Waals surface area contributed by atoms with Crippen LogP contribution in [0, 0.1) is 0 Å². The zero-order valence-electron chi connectivity index (χ0n) is 18.1. The molecule has 0 N–H and O–H groups in total. The zero-order valence-corrected chi connectivity index (χ0v) is 18.9. The maximum absolute atomic E-state index is 6.18. The van der Waals surface area contributed by atoms with Crippen LogP contribution >= 0.6 is 11.3 Å². The third-order valence-corrected chi connectivity index (χ3v) is 7.34. The number of hydrogen-bond acceptors (Lipinski definition) is 4. The molecule has 0 saturated carbocycles. The summed E-state index contributed by atoms with van der Waals surface area (Å²) in [6.07, 6.45) is 0. The highest BCUT2D eigenvalue weighted by Gasteiger charge is 2.16. The maximum Gasteiger partial charge on any atom is 0.160 e. The van der Waals surface area contributed by atoms with Gasteiger partial charge in [-0.3, -0.25) is 0 Å². The van der Waals surface area contributed by atoms with Crippen LogP contribution in [0.3, 0.4) is 0 Å². The fourth-order valence-corrected chi connectivity index (χ4v) is 5.71. The SMILES string of the molecule is c1ccc(-c2nc(-c3cc4ccccc4o3)cc(-c3cccc4c3sc3ccccc34)n2)cc1. The van der Waals surface area contributed by atoms with Gasteiger partial charge in [-0.1, -0.05) is 84.9 Å². The van der Waals surface area contributed by atoms with Crippen molar-refractivity contribution in [3.8, 4) is 34.1 Å². The lowest BCUT2D eigenvalue weighted by atomic mass is 10.1. The van der Waals surface area contributed by atoms with E-state index in [1.165, 1.54) is 20.2 Å². The molecular weight excluding hydrogens is 436 g/mol. The van der Waals surface area contributed by atoms with E-state index in [9.17, 15) is 0 Å². The summed E-state index contributed by atoms with van der Waals surface area (Å²) < 4.78 is 8.69. The van der Waals surface area contributed by atoms with Crippen molar-refractivity contribution in [3.05, 3.63) is 109 Å². The van der Waals surface area contributed by atoms with E-state index in [2.05, 4.69) is 54.6 Å². The second-order valence-corrected chi connectivity index (χ2v) is 9.31. The van der Waals surface area contributed by atoms with E-state index < -0.39 is 0 Å². The average molecular weight is 455 g/mol. The minimum absolute atomic E-state index is 0.687. The standard InChI is InChI=1S/C30H18N2OS/c1-2-9-19(10-3-1)30-31-24(18-25(32-30)27-17-20-11-4-6-15-26(20)33-27)23-14-8-13-22-21-12-5-7-16-28(21)34-29(22)23/h1-18H. The van der Waals surface area contributed by atoms with Crippen LogP contribution in [0.15, 0.2) is 114 Å². The quantitative estimate of drug-likeness (QED) is 0.268. The first-order valence-electron chi connectivity index (χ1n) is 11.2. The predicted molar refractivity (Wildman–Crippen MR) is 141 cm³/mol. The van der Waals surface area contributed by atoms with E-state index in [1.807, 2.05) is 54.6 Å². The number of hydrogen-bond donors (Lipinski definition) is 0. The van der Waals surface area contributed by atoms with Crippen LogP contribution in [0.4, 0.5) is 0 Å². The Labute approximate surface area is 200 Å². The van der Waals surface area contributed by atoms with Gasteiger partial charge in [-0.25, -0.2) is 9.97 Å². The van der Waals surface area contributed by atoms with Gasteiger partial charge in [0.15, 0.2) is 11.6 Å². The Kier molecular flexibility index (Phi) is 4.32. The topological polar surface area (TPSA) is 38.9 Å². The van der Waals surface area contributed by atoms with Gasteiger partial charge in [0.2, 0.25) is 0 Å². The van der Waals surface area contributed by atoms with Crippen LogP contribution in [0.25, 0.3) is 65.2 Å². The third-order valence-electron chi connectivity index (χ3n) is 6.12. The zero-order chi connectivity index (χ0) is 22.5. The van der Waals surface area contributed by atoms with Gasteiger partial charge in [-0.15, -0.1) is 11.3 Å². The summed E-state index contributed by atoms with van der Waals surface area (Å²) in [5.74, 6) is 1.43. The summed E-state index contributed by atoms with van der Waals surface area (Å²) >= 11 is 1.81. The molecule has 0 aliphatic heterocycles. The Bertz CT molecular complexity index is 1780. The first-order chi connectivity index (χ1) is 16.8. The Morgan fingerprint density at radius 3 is 2.29 bits per heavy atom. The number of benzene rings is 4. The minimum Gasteiger partial charge on any atom is -0.454 e. The lowest BCUT2D eigenvalue weighted by molar-refractivity contribution is 0.628. The maximum atomic E-state index is 6.18. The van der Waals surface area contributed by atoms with E-state index in [0.29, 0.717) is 5.82 Å². The van der Waals surface area contributed by atoms with Crippen LogP contribution < -0.4 is 0 Å². The molecule has 0 atom stereocenters. The largest absolute Gasteiger partial charge is 0.454 e. The molecule has 4 heteroatoms. The summed E-state index contributed by atoms with van der Waals surface area (Å²) in [4.78, 5) is 9.94. The number of aromatic nitrogens is 2. The van der Waals surface area contributed by atoms with Crippen LogP contribution in [0.2, 0.25) is 0 Å². The Morgan fingerprint density at radius 1 is 0.618 bits per heavy atom. The van der Waals surface area contributed by atoms with Gasteiger partial charge in [0.25, 0.3) is 0 Å². The summed E-state index contributed by atoms with van der Waals surface area (Å²) in [5, 5.41) is 3.59. The Balaban J connectivity index is 1.50. The fraction of sp³-hybridized carbons (Fsp3) is 0. The number of furan rings is 1. The number of rotatable bonds is 3. The van der Waals surface area contributed by atoms with Crippen molar-refractivity contribution in [2.75, 3.05) is 0 Å². The lowest BCUT2D eigenvalue weighted by Crippen LogP contribution is -1.95. The average Bonchev–Trinajstić information content (AvgIpc) is 3.51. The second-order valence-electron chi connectivity index (χ2n) is 8.26. The lowest BCUT2D eigenvalue weighted by Gasteiger charge is -2.08. The van der Waals surface area contributed by atoms with E-state index >= 15 is 0 Å². The highest BCUT2D eigenvalue weighted by atomic mass is 32.1. The van der Waals surface area contributed by atoms with Crippen LogP contribution in [-0.4, -0.2) is 9.97 Å². The third kappa shape index (κ3) is 3.11. The van der Waals surface area contributed by atoms with E-state index in [1.54, 1.807) is 11.3 Å². The van der Waals surface area contributed by atoms with Gasteiger partial charge in [0, 0.05) is 36.7 Å². The molecule has 160 valence electrons. The van der Waals surface area contributed by atoms with E-state index in [-0.39, 0.29) is 0 Å². The van der Waals surface area contributed by atoms with Gasteiger partial charge >= 0.3 is 0 Å². The number of nitrogens with zero attached hydrogens (tertiary/aromatic N) is 2. The van der Waals surface area contributed by atoms with Gasteiger partial charge in [0.05, 0.1) is 5.69 Å². The number of fused-ring (bicyclic) bond motifs is 4. The van der Waals surface area contributed by atoms with Gasteiger partial charge in [-0.05, 0) is 24.3 Å². The molecule has 7 aromatic rings. The predicted octanol–water partition coefficient (Wildman–Crippen LogP) is 8.59. The van der Waals surface area contributed by atoms with Crippen molar-refractivity contribution in [2.24, 2.45) is 0 Å². The molecular formula is C30H18N2OS. The summed E-state index contributed by atoms with van der Waals surface area (Å²) in [5.41, 5.74) is 4.60. The molecule has 0 aliphatic rings. The molecule has 7 rings (SSSR count). The normalized spacial score (nSPS) is 11.5. The molecule has 0 unspecified atom stereocenters. The molecule has 3 heterocycles. The van der Waals surface area contributed by atoms with Gasteiger partial charge in [-0.2, -0.15) is 0 Å². The van der Waals surface area contributed by atoms with Crippen molar-refractivity contribution >= 4 is 42.5 Å². The van der Waals surface area contributed by atoms with E-state index in [4.69, 9.17) is 14.4 Å². The highest BCUT2D eigenvalue weighted by Crippen LogP contribution is 2.40. The van der Waals surface area contributed by atoms with Crippen molar-refractivity contribution in [1.82, 2.24) is 9.97 Å². The first-order valence-corrected chi connectivity index (χ1v) is 12.0. The first kappa shape index (κ1) is 19.2. The Hall–Kier alpha value is -4.28. The Morgan fingerprint density at radius 2 is 1.38 bits per heavy atom. The second kappa shape index (κ2) is 7.65. The molecule has 0 bridgehead atoms. The van der Waals surface area contributed by atoms with Crippen LogP contribution in [-0.2, 0) is 0 Å². The fourth-order valence-electron chi connectivity index (χ4n) is 4.48. The molecule has 0 radical (unpaired) electrons. The van der Waals surface area contributed by atoms with Gasteiger partial charge < -0.3 is 4.42 Å². The van der Waals surface area contributed by atoms with Crippen LogP contribution in [0.5, 0.6) is 0 Å². The monoisotopic (exact) mass is 454 g/mol. The van der Waals surface area contributed by atoms with Crippen molar-refractivity contribution in [1.29, 1.82) is 0 Å². The highest BCUT2D eigenvalue weighted by molar-refractivity contribution is 7.26. The van der Waals surface area contributed by atoms with Crippen molar-refractivity contribution in [3.63, 3.8) is 0 Å². The summed E-state index contributed by atoms with van der Waals surface area (Å²) in [7, 11) is 0. The molecule has 3 aromatic heterocycles. The smallest absolute Gasteiger partial charge is 0.160 e. The molecule has 34 heavy (non-hydrogen) atoms. The molecule has 0 amide bonds. The molecule has 0 spiro atoms. The molecule has 4 aromatic carbocycles. The van der Waals surface area contributed by atoms with E-state index in [0.717, 1.165) is 39.2 Å². The molecule has 0 fully saturated rings. The van der Waals surface area contributed by atoms with Gasteiger partial charge in [0.1, 0.15) is 11.3 Å². The summed E-state index contributed by atoms with van der Waals surface area (Å²) in [6.45, 7) is 0. The molecule has 0 aliphatic carbocycles. The van der Waals surface area contributed by atoms with Crippen LogP contribution in [0.1, 0.15) is 0 Å². The number of para-hydroxylation sites is 1. The summed E-state index contributed by atoms with van der Waals surface area (Å²) in [6, 6.07) is 37.3.